The van der Waals surface area contributed by atoms with Crippen molar-refractivity contribution in [1.29, 1.82) is 0 Å². The molecule has 1 amide bonds. The van der Waals surface area contributed by atoms with Gasteiger partial charge < -0.3 is 9.80 Å². The number of amides is 1. The van der Waals surface area contributed by atoms with Gasteiger partial charge in [-0.25, -0.2) is 4.98 Å². The number of hydrogen-bond acceptors (Lipinski definition) is 5. The van der Waals surface area contributed by atoms with Crippen LogP contribution >= 0.6 is 11.5 Å². The Kier molecular flexibility index (Phi) is 4.34. The molecule has 9 heteroatoms. The van der Waals surface area contributed by atoms with Gasteiger partial charge in [-0.2, -0.15) is 17.5 Å². The summed E-state index contributed by atoms with van der Waals surface area (Å²) >= 11 is 1.39. The zero-order valence-electron chi connectivity index (χ0n) is 13.9. The molecule has 4 rings (SSSR count). The van der Waals surface area contributed by atoms with Gasteiger partial charge in [0.2, 0.25) is 5.13 Å². The minimum atomic E-state index is -4.39. The van der Waals surface area contributed by atoms with Crippen LogP contribution in [0.3, 0.4) is 0 Å². The molecule has 2 aliphatic rings. The van der Waals surface area contributed by atoms with E-state index in [0.717, 1.165) is 35.9 Å². The van der Waals surface area contributed by atoms with Gasteiger partial charge in [-0.1, -0.05) is 0 Å². The first-order valence-electron chi connectivity index (χ1n) is 8.47. The summed E-state index contributed by atoms with van der Waals surface area (Å²) in [7, 11) is 0. The highest BCUT2D eigenvalue weighted by atomic mass is 32.1. The molecule has 138 valence electrons. The number of piperazine rings is 1. The Bertz CT molecular complexity index is 793. The molecular formula is C17H17F3N4OS. The third-order valence-corrected chi connectivity index (χ3v) is 5.46. The Balaban J connectivity index is 1.37. The first kappa shape index (κ1) is 17.3. The van der Waals surface area contributed by atoms with Crippen molar-refractivity contribution < 1.29 is 18.0 Å². The Hall–Kier alpha value is -2.16. The van der Waals surface area contributed by atoms with E-state index in [2.05, 4.69) is 14.3 Å². The number of anilines is 1. The van der Waals surface area contributed by atoms with Gasteiger partial charge in [-0.05, 0) is 37.1 Å². The number of benzene rings is 1. The van der Waals surface area contributed by atoms with Crippen LogP contribution in [0.5, 0.6) is 0 Å². The van der Waals surface area contributed by atoms with Crippen LogP contribution in [0.15, 0.2) is 24.3 Å². The van der Waals surface area contributed by atoms with Gasteiger partial charge >= 0.3 is 6.18 Å². The SMILES string of the molecule is O=C(c1ccc(C(F)(F)F)cc1)N1CCN(c2nc(C3CC3)ns2)CC1. The lowest BCUT2D eigenvalue weighted by Gasteiger charge is -2.34. The van der Waals surface area contributed by atoms with Crippen molar-refractivity contribution in [3.05, 3.63) is 41.2 Å². The number of nitrogens with zero attached hydrogens (tertiary/aromatic N) is 4. The summed E-state index contributed by atoms with van der Waals surface area (Å²) < 4.78 is 42.3. The summed E-state index contributed by atoms with van der Waals surface area (Å²) in [4.78, 5) is 20.9. The number of rotatable bonds is 3. The van der Waals surface area contributed by atoms with Crippen molar-refractivity contribution in [2.24, 2.45) is 0 Å². The Morgan fingerprint density at radius 1 is 1.08 bits per heavy atom. The average molecular weight is 382 g/mol. The second-order valence-electron chi connectivity index (χ2n) is 6.56. The summed E-state index contributed by atoms with van der Waals surface area (Å²) in [5, 5.41) is 0.883. The predicted molar refractivity (Wildman–Crippen MR) is 91.4 cm³/mol. The van der Waals surface area contributed by atoms with Crippen molar-refractivity contribution in [3.8, 4) is 0 Å². The molecule has 0 N–H and O–H groups in total. The number of alkyl halides is 3. The third-order valence-electron chi connectivity index (χ3n) is 4.67. The standard InChI is InChI=1S/C17H17F3N4OS/c18-17(19,20)13-5-3-12(4-6-13)15(25)23-7-9-24(10-8-23)16-21-14(22-26-16)11-1-2-11/h3-6,11H,1-2,7-10H2. The Morgan fingerprint density at radius 2 is 1.73 bits per heavy atom. The van der Waals surface area contributed by atoms with E-state index in [1.165, 1.54) is 23.7 Å². The molecule has 2 heterocycles. The maximum atomic E-state index is 12.6. The normalized spacial score (nSPS) is 18.3. The smallest absolute Gasteiger partial charge is 0.343 e. The van der Waals surface area contributed by atoms with Crippen LogP contribution in [-0.2, 0) is 6.18 Å². The van der Waals surface area contributed by atoms with Crippen LogP contribution in [0.25, 0.3) is 0 Å². The van der Waals surface area contributed by atoms with Crippen molar-refractivity contribution in [2.45, 2.75) is 24.9 Å². The monoisotopic (exact) mass is 382 g/mol. The van der Waals surface area contributed by atoms with Crippen LogP contribution in [0, 0.1) is 0 Å². The molecule has 0 radical (unpaired) electrons. The van der Waals surface area contributed by atoms with Crippen LogP contribution in [-0.4, -0.2) is 46.3 Å². The number of carbonyl (C=O) groups excluding carboxylic acids is 1. The zero-order chi connectivity index (χ0) is 18.3. The fraction of sp³-hybridized carbons (Fsp3) is 0.471. The molecule has 2 fully saturated rings. The molecule has 1 aliphatic carbocycles. The number of halogens is 3. The van der Waals surface area contributed by atoms with Crippen molar-refractivity contribution in [3.63, 3.8) is 0 Å². The van der Waals surface area contributed by atoms with E-state index in [9.17, 15) is 18.0 Å². The molecular weight excluding hydrogens is 365 g/mol. The second-order valence-corrected chi connectivity index (χ2v) is 7.29. The first-order chi connectivity index (χ1) is 12.4. The predicted octanol–water partition coefficient (Wildman–Crippen LogP) is 3.40. The zero-order valence-corrected chi connectivity index (χ0v) is 14.7. The van der Waals surface area contributed by atoms with E-state index < -0.39 is 11.7 Å². The lowest BCUT2D eigenvalue weighted by atomic mass is 10.1. The van der Waals surface area contributed by atoms with Gasteiger partial charge in [-0.15, -0.1) is 0 Å². The Morgan fingerprint density at radius 3 is 2.31 bits per heavy atom. The molecule has 0 unspecified atom stereocenters. The van der Waals surface area contributed by atoms with Gasteiger partial charge in [0.1, 0.15) is 5.82 Å². The van der Waals surface area contributed by atoms with E-state index in [4.69, 9.17) is 0 Å². The second kappa shape index (κ2) is 6.53. The van der Waals surface area contributed by atoms with E-state index in [0.29, 0.717) is 32.1 Å². The highest BCUT2D eigenvalue weighted by Crippen LogP contribution is 2.39. The lowest BCUT2D eigenvalue weighted by molar-refractivity contribution is -0.137. The highest BCUT2D eigenvalue weighted by Gasteiger charge is 2.31. The molecule has 5 nitrogen and oxygen atoms in total. The number of carbonyl (C=O) groups is 1. The molecule has 0 spiro atoms. The van der Waals surface area contributed by atoms with Gasteiger partial charge in [0, 0.05) is 49.2 Å². The van der Waals surface area contributed by atoms with Gasteiger partial charge in [-0.3, -0.25) is 4.79 Å². The summed E-state index contributed by atoms with van der Waals surface area (Å²) in [5.74, 6) is 1.20. The van der Waals surface area contributed by atoms with E-state index in [1.54, 1.807) is 4.90 Å². The number of aromatic nitrogens is 2. The molecule has 1 aromatic carbocycles. The molecule has 1 aliphatic heterocycles. The van der Waals surface area contributed by atoms with Crippen LogP contribution in [0.2, 0.25) is 0 Å². The summed E-state index contributed by atoms with van der Waals surface area (Å²) in [6.45, 7) is 2.31. The van der Waals surface area contributed by atoms with Crippen molar-refractivity contribution in [2.75, 3.05) is 31.1 Å². The molecule has 26 heavy (non-hydrogen) atoms. The average Bonchev–Trinajstić information content (AvgIpc) is 3.38. The molecule has 0 bridgehead atoms. The van der Waals surface area contributed by atoms with Crippen molar-refractivity contribution >= 4 is 22.6 Å². The summed E-state index contributed by atoms with van der Waals surface area (Å²) in [6, 6.07) is 4.38. The third kappa shape index (κ3) is 3.53. The molecule has 2 aromatic rings. The topological polar surface area (TPSA) is 49.3 Å². The lowest BCUT2D eigenvalue weighted by Crippen LogP contribution is -2.48. The van der Waals surface area contributed by atoms with Crippen LogP contribution in [0.1, 0.15) is 40.5 Å². The van der Waals surface area contributed by atoms with Gasteiger partial charge in [0.25, 0.3) is 5.91 Å². The van der Waals surface area contributed by atoms with E-state index in [1.807, 2.05) is 0 Å². The maximum absolute atomic E-state index is 12.6. The highest BCUT2D eigenvalue weighted by molar-refractivity contribution is 7.09. The fourth-order valence-electron chi connectivity index (χ4n) is 2.95. The largest absolute Gasteiger partial charge is 0.416 e. The molecule has 1 saturated carbocycles. The van der Waals surface area contributed by atoms with Crippen LogP contribution in [0.4, 0.5) is 18.3 Å². The first-order valence-corrected chi connectivity index (χ1v) is 9.24. The summed E-state index contributed by atoms with van der Waals surface area (Å²) in [5.41, 5.74) is -0.472. The maximum Gasteiger partial charge on any atom is 0.416 e. The number of hydrogen-bond donors (Lipinski definition) is 0. The summed E-state index contributed by atoms with van der Waals surface area (Å²) in [6.07, 6.45) is -2.08. The molecule has 1 aromatic heterocycles. The van der Waals surface area contributed by atoms with Crippen LogP contribution < -0.4 is 4.90 Å². The van der Waals surface area contributed by atoms with Crippen molar-refractivity contribution in [1.82, 2.24) is 14.3 Å². The van der Waals surface area contributed by atoms with E-state index in [-0.39, 0.29) is 11.5 Å². The minimum absolute atomic E-state index is 0.241. The fourth-order valence-corrected chi connectivity index (χ4v) is 3.74. The molecule has 1 saturated heterocycles. The van der Waals surface area contributed by atoms with E-state index >= 15 is 0 Å². The van der Waals surface area contributed by atoms with Gasteiger partial charge in [0.15, 0.2) is 0 Å². The molecule has 0 atom stereocenters. The minimum Gasteiger partial charge on any atom is -0.343 e. The quantitative estimate of drug-likeness (QED) is 0.817. The van der Waals surface area contributed by atoms with Gasteiger partial charge in [0.05, 0.1) is 5.56 Å². The Labute approximate surface area is 152 Å².